The van der Waals surface area contributed by atoms with Crippen molar-refractivity contribution in [1.82, 2.24) is 0 Å². The average Bonchev–Trinajstić information content (AvgIpc) is 2.72. The van der Waals surface area contributed by atoms with Crippen molar-refractivity contribution in [2.75, 3.05) is 5.32 Å². The Morgan fingerprint density at radius 2 is 1.36 bits per heavy atom. The minimum atomic E-state index is -1.72. The molecule has 4 N–H and O–H groups in total. The first-order valence-corrected chi connectivity index (χ1v) is 9.69. The van der Waals surface area contributed by atoms with Crippen LogP contribution in [0.15, 0.2) is 48.5 Å². The van der Waals surface area contributed by atoms with Gasteiger partial charge >= 0.3 is 17.9 Å². The van der Waals surface area contributed by atoms with Crippen LogP contribution in [0.25, 0.3) is 11.1 Å². The second kappa shape index (κ2) is 9.27. The van der Waals surface area contributed by atoms with Crippen molar-refractivity contribution < 1.29 is 38.9 Å². The Bertz CT molecular complexity index is 1340. The summed E-state index contributed by atoms with van der Waals surface area (Å²) in [6, 6.07) is 9.50. The van der Waals surface area contributed by atoms with Gasteiger partial charge in [0.05, 0.1) is 27.9 Å². The third-order valence-electron chi connectivity index (χ3n) is 4.55. The summed E-state index contributed by atoms with van der Waals surface area (Å²) in [5.41, 5.74) is -2.10. The lowest BCUT2D eigenvalue weighted by Gasteiger charge is -2.14. The minimum Gasteiger partial charge on any atom is -0.478 e. The van der Waals surface area contributed by atoms with E-state index in [4.69, 9.17) is 28.3 Å². The van der Waals surface area contributed by atoms with Gasteiger partial charge < -0.3 is 20.6 Å². The number of nitrogens with one attached hydrogen (secondary N) is 1. The van der Waals surface area contributed by atoms with Crippen LogP contribution in [-0.4, -0.2) is 39.1 Å². The molecule has 0 aliphatic heterocycles. The Balaban J connectivity index is 2.11. The van der Waals surface area contributed by atoms with E-state index in [9.17, 15) is 33.8 Å². The maximum atomic E-state index is 13.9. The van der Waals surface area contributed by atoms with E-state index < -0.39 is 46.3 Å². The van der Waals surface area contributed by atoms with Gasteiger partial charge in [-0.1, -0.05) is 35.3 Å². The molecule has 0 aliphatic carbocycles. The van der Waals surface area contributed by atoms with Crippen LogP contribution < -0.4 is 5.32 Å². The standard InChI is InChI=1S/C22H12Cl2FNO7/c23-10-2-4-11(16(24)6-10)9-1-3-12(20(28)29)18(5-9)26-19(27)13-7-15(22(32)33)17(25)8-14(13)21(30)31/h1-8H,(H,26,27)(H,28,29)(H,30,31)(H,32,33). The van der Waals surface area contributed by atoms with Crippen LogP contribution in [0.3, 0.4) is 0 Å². The summed E-state index contributed by atoms with van der Waals surface area (Å²) in [5.74, 6) is -7.30. The normalized spacial score (nSPS) is 10.5. The zero-order chi connectivity index (χ0) is 24.4. The quantitative estimate of drug-likeness (QED) is 0.373. The lowest BCUT2D eigenvalue weighted by molar-refractivity contribution is 0.0674. The monoisotopic (exact) mass is 491 g/mol. The molecule has 0 atom stereocenters. The van der Waals surface area contributed by atoms with E-state index in [0.717, 1.165) is 0 Å². The van der Waals surface area contributed by atoms with Gasteiger partial charge in [0, 0.05) is 15.6 Å². The summed E-state index contributed by atoms with van der Waals surface area (Å²) in [6.07, 6.45) is 0. The van der Waals surface area contributed by atoms with Gasteiger partial charge in [-0.15, -0.1) is 0 Å². The number of hydrogen-bond acceptors (Lipinski definition) is 4. The number of aromatic carboxylic acids is 3. The van der Waals surface area contributed by atoms with Crippen LogP contribution in [-0.2, 0) is 0 Å². The molecular formula is C22H12Cl2FNO7. The van der Waals surface area contributed by atoms with Crippen LogP contribution in [0, 0.1) is 5.82 Å². The molecule has 0 bridgehead atoms. The molecule has 3 rings (SSSR count). The van der Waals surface area contributed by atoms with Crippen LogP contribution in [0.2, 0.25) is 10.0 Å². The highest BCUT2D eigenvalue weighted by Crippen LogP contribution is 2.33. The van der Waals surface area contributed by atoms with E-state index in [1.165, 1.54) is 24.3 Å². The second-order valence-electron chi connectivity index (χ2n) is 6.63. The molecule has 0 saturated carbocycles. The summed E-state index contributed by atoms with van der Waals surface area (Å²) >= 11 is 12.1. The molecule has 0 spiro atoms. The molecule has 0 heterocycles. The number of carbonyl (C=O) groups is 4. The molecule has 168 valence electrons. The van der Waals surface area contributed by atoms with Crippen molar-refractivity contribution in [1.29, 1.82) is 0 Å². The smallest absolute Gasteiger partial charge is 0.338 e. The fourth-order valence-corrected chi connectivity index (χ4v) is 3.53. The molecule has 0 aliphatic rings. The van der Waals surface area contributed by atoms with Crippen LogP contribution in [0.5, 0.6) is 0 Å². The minimum absolute atomic E-state index is 0.228. The van der Waals surface area contributed by atoms with Crippen molar-refractivity contribution in [2.24, 2.45) is 0 Å². The van der Waals surface area contributed by atoms with Crippen molar-refractivity contribution in [3.05, 3.63) is 86.6 Å². The molecule has 11 heteroatoms. The van der Waals surface area contributed by atoms with Gasteiger partial charge in [-0.05, 0) is 42.0 Å². The van der Waals surface area contributed by atoms with Gasteiger partial charge in [-0.25, -0.2) is 18.8 Å². The fourth-order valence-electron chi connectivity index (χ4n) is 3.02. The zero-order valence-corrected chi connectivity index (χ0v) is 17.7. The predicted octanol–water partition coefficient (Wildman–Crippen LogP) is 5.15. The Hall–Kier alpha value is -3.95. The topological polar surface area (TPSA) is 141 Å². The number of carbonyl (C=O) groups excluding carboxylic acids is 1. The number of carboxylic acids is 3. The van der Waals surface area contributed by atoms with Gasteiger partial charge in [0.25, 0.3) is 5.91 Å². The Labute approximate surface area is 194 Å². The first-order valence-electron chi connectivity index (χ1n) is 8.94. The molecule has 8 nitrogen and oxygen atoms in total. The molecule has 33 heavy (non-hydrogen) atoms. The predicted molar refractivity (Wildman–Crippen MR) is 117 cm³/mol. The first kappa shape index (κ1) is 23.7. The Kier molecular flexibility index (Phi) is 6.66. The summed E-state index contributed by atoms with van der Waals surface area (Å²) in [5, 5.41) is 30.8. The Morgan fingerprint density at radius 3 is 1.94 bits per heavy atom. The van der Waals surface area contributed by atoms with E-state index in [1.54, 1.807) is 12.1 Å². The summed E-state index contributed by atoms with van der Waals surface area (Å²) in [6.45, 7) is 0. The van der Waals surface area contributed by atoms with Gasteiger partial charge in [-0.3, -0.25) is 4.79 Å². The number of hydrogen-bond donors (Lipinski definition) is 4. The molecule has 1 amide bonds. The fraction of sp³-hybridized carbons (Fsp3) is 0. The maximum absolute atomic E-state index is 13.9. The zero-order valence-electron chi connectivity index (χ0n) is 16.2. The highest BCUT2D eigenvalue weighted by molar-refractivity contribution is 6.36. The number of anilines is 1. The lowest BCUT2D eigenvalue weighted by atomic mass is 10.0. The third kappa shape index (κ3) is 4.94. The molecule has 0 saturated heterocycles. The molecule has 0 radical (unpaired) electrons. The van der Waals surface area contributed by atoms with Crippen LogP contribution >= 0.6 is 23.2 Å². The Morgan fingerprint density at radius 1 is 0.727 bits per heavy atom. The van der Waals surface area contributed by atoms with Crippen molar-refractivity contribution in [2.45, 2.75) is 0 Å². The van der Waals surface area contributed by atoms with E-state index in [0.29, 0.717) is 28.3 Å². The lowest BCUT2D eigenvalue weighted by Crippen LogP contribution is -2.20. The third-order valence-corrected chi connectivity index (χ3v) is 5.10. The number of halogens is 3. The van der Waals surface area contributed by atoms with Crippen LogP contribution in [0.1, 0.15) is 41.4 Å². The molecule has 3 aromatic rings. The van der Waals surface area contributed by atoms with Crippen molar-refractivity contribution >= 4 is 52.7 Å². The molecule has 0 fully saturated rings. The molecule has 0 aromatic heterocycles. The van der Waals surface area contributed by atoms with Crippen molar-refractivity contribution in [3.8, 4) is 11.1 Å². The highest BCUT2D eigenvalue weighted by atomic mass is 35.5. The summed E-state index contributed by atoms with van der Waals surface area (Å²) in [4.78, 5) is 47.2. The number of benzene rings is 3. The van der Waals surface area contributed by atoms with E-state index in [2.05, 4.69) is 5.32 Å². The largest absolute Gasteiger partial charge is 0.478 e. The average molecular weight is 492 g/mol. The van der Waals surface area contributed by atoms with Gasteiger partial charge in [0.2, 0.25) is 0 Å². The summed E-state index contributed by atoms with van der Waals surface area (Å²) in [7, 11) is 0. The number of rotatable bonds is 6. The SMILES string of the molecule is O=C(O)c1cc(C(=O)Nc2cc(-c3ccc(Cl)cc3Cl)ccc2C(=O)O)c(C(=O)O)cc1F. The summed E-state index contributed by atoms with van der Waals surface area (Å²) < 4.78 is 13.9. The maximum Gasteiger partial charge on any atom is 0.338 e. The van der Waals surface area contributed by atoms with Gasteiger partial charge in [0.1, 0.15) is 5.82 Å². The van der Waals surface area contributed by atoms with Crippen molar-refractivity contribution in [3.63, 3.8) is 0 Å². The highest BCUT2D eigenvalue weighted by Gasteiger charge is 2.24. The molecule has 3 aromatic carbocycles. The number of amides is 1. The van der Waals surface area contributed by atoms with Gasteiger partial charge in [0.15, 0.2) is 0 Å². The van der Waals surface area contributed by atoms with E-state index in [-0.39, 0.29) is 16.3 Å². The van der Waals surface area contributed by atoms with E-state index in [1.807, 2.05) is 0 Å². The number of carboxylic acid groups (broad SMARTS) is 3. The first-order chi connectivity index (χ1) is 15.5. The van der Waals surface area contributed by atoms with Crippen LogP contribution in [0.4, 0.5) is 10.1 Å². The van der Waals surface area contributed by atoms with Gasteiger partial charge in [-0.2, -0.15) is 0 Å². The molecule has 0 unspecified atom stereocenters. The molecular weight excluding hydrogens is 480 g/mol. The second-order valence-corrected chi connectivity index (χ2v) is 7.48. The van der Waals surface area contributed by atoms with E-state index >= 15 is 0 Å².